The minimum absolute atomic E-state index is 0.0206. The van der Waals surface area contributed by atoms with E-state index in [0.717, 1.165) is 50.0 Å². The van der Waals surface area contributed by atoms with Gasteiger partial charge in [-0.2, -0.15) is 0 Å². The van der Waals surface area contributed by atoms with E-state index in [1.165, 1.54) is 12.1 Å². The molecule has 0 spiro atoms. The maximum absolute atomic E-state index is 13.1. The first-order valence-corrected chi connectivity index (χ1v) is 10.7. The largest absolute Gasteiger partial charge is 0.371 e. The van der Waals surface area contributed by atoms with Crippen LogP contribution < -0.4 is 15.5 Å². The van der Waals surface area contributed by atoms with Crippen LogP contribution >= 0.6 is 0 Å². The highest BCUT2D eigenvalue weighted by Crippen LogP contribution is 2.32. The third-order valence-corrected chi connectivity index (χ3v) is 5.95. The maximum atomic E-state index is 13.1. The van der Waals surface area contributed by atoms with Crippen molar-refractivity contribution < 1.29 is 14.0 Å². The van der Waals surface area contributed by atoms with E-state index < -0.39 is 0 Å². The van der Waals surface area contributed by atoms with Crippen molar-refractivity contribution in [1.82, 2.24) is 5.32 Å². The number of hydrogen-bond donors (Lipinski definition) is 2. The summed E-state index contributed by atoms with van der Waals surface area (Å²) in [4.78, 5) is 27.5. The summed E-state index contributed by atoms with van der Waals surface area (Å²) in [5, 5.41) is 5.88. The molecule has 0 bridgehead atoms. The number of nitrogens with zero attached hydrogens (tertiary/aromatic N) is 1. The van der Waals surface area contributed by atoms with Gasteiger partial charge in [0.1, 0.15) is 5.82 Å². The van der Waals surface area contributed by atoms with Gasteiger partial charge in [-0.1, -0.05) is 19.1 Å². The summed E-state index contributed by atoms with van der Waals surface area (Å²) in [6, 6.07) is 11.7. The molecule has 0 unspecified atom stereocenters. The molecule has 158 valence electrons. The number of nitrogens with one attached hydrogen (secondary N) is 2. The Morgan fingerprint density at radius 1 is 1.03 bits per heavy atom. The van der Waals surface area contributed by atoms with Crippen LogP contribution in [0.3, 0.4) is 0 Å². The second kappa shape index (κ2) is 8.86. The van der Waals surface area contributed by atoms with Gasteiger partial charge in [0.25, 0.3) is 5.91 Å². The lowest BCUT2D eigenvalue weighted by Gasteiger charge is -2.33. The smallest absolute Gasteiger partial charge is 0.253 e. The van der Waals surface area contributed by atoms with Crippen LogP contribution in [0.4, 0.5) is 15.8 Å². The number of halogens is 1. The molecule has 2 N–H and O–H groups in total. The van der Waals surface area contributed by atoms with Gasteiger partial charge in [0.15, 0.2) is 0 Å². The van der Waals surface area contributed by atoms with Gasteiger partial charge < -0.3 is 15.5 Å². The monoisotopic (exact) mass is 409 g/mol. The normalized spacial score (nSPS) is 16.9. The van der Waals surface area contributed by atoms with Gasteiger partial charge in [-0.05, 0) is 67.5 Å². The second-order valence-corrected chi connectivity index (χ2v) is 8.47. The number of carbonyl (C=O) groups excluding carboxylic acids is 2. The van der Waals surface area contributed by atoms with E-state index in [0.29, 0.717) is 23.7 Å². The van der Waals surface area contributed by atoms with Crippen molar-refractivity contribution in [3.05, 3.63) is 59.4 Å². The molecular formula is C24H28FN3O2. The molecule has 2 aromatic carbocycles. The molecule has 4 rings (SSSR count). The molecule has 0 atom stereocenters. The van der Waals surface area contributed by atoms with E-state index in [4.69, 9.17) is 0 Å². The van der Waals surface area contributed by atoms with Crippen molar-refractivity contribution in [2.24, 2.45) is 11.8 Å². The lowest BCUT2D eigenvalue weighted by atomic mass is 9.97. The van der Waals surface area contributed by atoms with E-state index in [-0.39, 0.29) is 23.5 Å². The molecule has 5 nitrogen and oxygen atoms in total. The van der Waals surface area contributed by atoms with Crippen LogP contribution in [0.2, 0.25) is 0 Å². The third kappa shape index (κ3) is 4.99. The average molecular weight is 410 g/mol. The van der Waals surface area contributed by atoms with Gasteiger partial charge in [-0.3, -0.25) is 9.59 Å². The highest BCUT2D eigenvalue weighted by atomic mass is 19.1. The molecule has 1 saturated carbocycles. The van der Waals surface area contributed by atoms with E-state index in [1.54, 1.807) is 18.2 Å². The number of benzene rings is 2. The Morgan fingerprint density at radius 3 is 2.40 bits per heavy atom. The standard InChI is InChI=1S/C24H28FN3O2/c1-16-10-12-28(13-11-16)22-9-8-20(27-23(29)18-4-5-18)14-21(22)24(30)26-15-17-2-6-19(25)7-3-17/h2-3,6-9,14,16,18H,4-5,10-13,15H2,1H3,(H,26,30)(H,27,29). The number of piperidine rings is 1. The quantitative estimate of drug-likeness (QED) is 0.746. The fourth-order valence-corrected chi connectivity index (χ4v) is 3.79. The van der Waals surface area contributed by atoms with Gasteiger partial charge in [0.05, 0.1) is 5.56 Å². The van der Waals surface area contributed by atoms with Crippen LogP contribution in [0.15, 0.2) is 42.5 Å². The summed E-state index contributed by atoms with van der Waals surface area (Å²) in [6.45, 7) is 4.39. The molecule has 2 amide bonds. The summed E-state index contributed by atoms with van der Waals surface area (Å²) in [7, 11) is 0. The fourth-order valence-electron chi connectivity index (χ4n) is 3.79. The SMILES string of the molecule is CC1CCN(c2ccc(NC(=O)C3CC3)cc2C(=O)NCc2ccc(F)cc2)CC1. The topological polar surface area (TPSA) is 61.4 Å². The second-order valence-electron chi connectivity index (χ2n) is 8.47. The zero-order valence-corrected chi connectivity index (χ0v) is 17.3. The predicted molar refractivity (Wildman–Crippen MR) is 116 cm³/mol. The Balaban J connectivity index is 1.53. The van der Waals surface area contributed by atoms with Gasteiger partial charge in [0.2, 0.25) is 5.91 Å². The lowest BCUT2D eigenvalue weighted by molar-refractivity contribution is -0.117. The van der Waals surface area contributed by atoms with Crippen molar-refractivity contribution in [2.45, 2.75) is 39.2 Å². The highest BCUT2D eigenvalue weighted by Gasteiger charge is 2.30. The molecule has 0 aromatic heterocycles. The molecule has 2 aromatic rings. The zero-order chi connectivity index (χ0) is 21.1. The van der Waals surface area contributed by atoms with Crippen molar-refractivity contribution in [2.75, 3.05) is 23.3 Å². The third-order valence-electron chi connectivity index (χ3n) is 5.95. The first kappa shape index (κ1) is 20.4. The van der Waals surface area contributed by atoms with Crippen LogP contribution in [-0.2, 0) is 11.3 Å². The Labute approximate surface area is 176 Å². The molecular weight excluding hydrogens is 381 g/mol. The minimum atomic E-state index is -0.300. The summed E-state index contributed by atoms with van der Waals surface area (Å²) in [5.41, 5.74) is 2.92. The van der Waals surface area contributed by atoms with Gasteiger partial charge in [-0.15, -0.1) is 0 Å². The fraction of sp³-hybridized carbons (Fsp3) is 0.417. The van der Waals surface area contributed by atoms with Crippen LogP contribution in [-0.4, -0.2) is 24.9 Å². The first-order chi connectivity index (χ1) is 14.5. The van der Waals surface area contributed by atoms with Crippen LogP contribution in [0.1, 0.15) is 48.5 Å². The van der Waals surface area contributed by atoms with Crippen molar-refractivity contribution in [3.8, 4) is 0 Å². The van der Waals surface area contributed by atoms with Gasteiger partial charge in [0, 0.05) is 36.9 Å². The minimum Gasteiger partial charge on any atom is -0.371 e. The average Bonchev–Trinajstić information content (AvgIpc) is 3.59. The predicted octanol–water partition coefficient (Wildman–Crippen LogP) is 4.34. The van der Waals surface area contributed by atoms with E-state index in [2.05, 4.69) is 22.5 Å². The molecule has 6 heteroatoms. The maximum Gasteiger partial charge on any atom is 0.253 e. The highest BCUT2D eigenvalue weighted by molar-refractivity contribution is 6.02. The van der Waals surface area contributed by atoms with Crippen molar-refractivity contribution in [3.63, 3.8) is 0 Å². The number of rotatable bonds is 6. The molecule has 1 heterocycles. The Kier molecular flexibility index (Phi) is 6.02. The van der Waals surface area contributed by atoms with E-state index in [9.17, 15) is 14.0 Å². The van der Waals surface area contributed by atoms with Crippen molar-refractivity contribution >= 4 is 23.2 Å². The van der Waals surface area contributed by atoms with E-state index in [1.807, 2.05) is 12.1 Å². The van der Waals surface area contributed by atoms with Crippen LogP contribution in [0.5, 0.6) is 0 Å². The molecule has 2 aliphatic rings. The Hall–Kier alpha value is -2.89. The van der Waals surface area contributed by atoms with E-state index >= 15 is 0 Å². The summed E-state index contributed by atoms with van der Waals surface area (Å²) < 4.78 is 13.1. The molecule has 2 fully saturated rings. The molecule has 1 saturated heterocycles. The molecule has 1 aliphatic carbocycles. The number of anilines is 2. The summed E-state index contributed by atoms with van der Waals surface area (Å²) >= 11 is 0. The van der Waals surface area contributed by atoms with Crippen LogP contribution in [0.25, 0.3) is 0 Å². The number of carbonyl (C=O) groups is 2. The van der Waals surface area contributed by atoms with Gasteiger partial charge >= 0.3 is 0 Å². The summed E-state index contributed by atoms with van der Waals surface area (Å²) in [5.74, 6) is 0.312. The lowest BCUT2D eigenvalue weighted by Crippen LogP contribution is -2.35. The van der Waals surface area contributed by atoms with Gasteiger partial charge in [-0.25, -0.2) is 4.39 Å². The molecule has 30 heavy (non-hydrogen) atoms. The zero-order valence-electron chi connectivity index (χ0n) is 17.3. The Morgan fingerprint density at radius 2 is 1.73 bits per heavy atom. The van der Waals surface area contributed by atoms with Crippen molar-refractivity contribution in [1.29, 1.82) is 0 Å². The summed E-state index contributed by atoms with van der Waals surface area (Å²) in [6.07, 6.45) is 4.05. The Bertz CT molecular complexity index is 917. The molecule has 1 aliphatic heterocycles. The first-order valence-electron chi connectivity index (χ1n) is 10.7. The number of hydrogen-bond acceptors (Lipinski definition) is 3. The number of amides is 2. The van der Waals surface area contributed by atoms with Crippen LogP contribution in [0, 0.1) is 17.7 Å². The molecule has 0 radical (unpaired) electrons.